The zero-order valence-electron chi connectivity index (χ0n) is 13.3. The van der Waals surface area contributed by atoms with E-state index in [4.69, 9.17) is 21.1 Å². The van der Waals surface area contributed by atoms with Crippen LogP contribution in [0, 0.1) is 0 Å². The van der Waals surface area contributed by atoms with Crippen molar-refractivity contribution in [3.05, 3.63) is 64.7 Å². The Kier molecular flexibility index (Phi) is 9.72. The quantitative estimate of drug-likeness (QED) is 0.673. The van der Waals surface area contributed by atoms with E-state index < -0.39 is 0 Å². The van der Waals surface area contributed by atoms with E-state index in [9.17, 15) is 0 Å². The fourth-order valence-electron chi connectivity index (χ4n) is 2.13. The number of nitrogens with one attached hydrogen (secondary N) is 1. The average molecular weight is 356 g/mol. The van der Waals surface area contributed by atoms with Gasteiger partial charge in [0.05, 0.1) is 0 Å². The van der Waals surface area contributed by atoms with Gasteiger partial charge < -0.3 is 14.8 Å². The predicted octanol–water partition coefficient (Wildman–Crippen LogP) is 4.47. The lowest BCUT2D eigenvalue weighted by Gasteiger charge is -2.13. The molecule has 0 bridgehead atoms. The molecule has 5 heteroatoms. The molecule has 0 amide bonds. The summed E-state index contributed by atoms with van der Waals surface area (Å²) in [6.45, 7) is 2.95. The molecule has 0 atom stereocenters. The number of hydrogen-bond donors (Lipinski definition) is 1. The van der Waals surface area contributed by atoms with Gasteiger partial charge in [-0.3, -0.25) is 0 Å². The zero-order valence-corrected chi connectivity index (χ0v) is 14.8. The molecule has 0 spiro atoms. The second-order valence-electron chi connectivity index (χ2n) is 5.05. The summed E-state index contributed by atoms with van der Waals surface area (Å²) >= 11 is 6.09. The minimum absolute atomic E-state index is 0. The molecule has 0 aromatic heterocycles. The Labute approximate surface area is 149 Å². The normalized spacial score (nSPS) is 10.2. The molecule has 23 heavy (non-hydrogen) atoms. The third-order valence-electron chi connectivity index (χ3n) is 3.28. The van der Waals surface area contributed by atoms with Crippen LogP contribution in [0.3, 0.4) is 0 Å². The molecule has 0 saturated carbocycles. The van der Waals surface area contributed by atoms with Crippen LogP contribution in [-0.4, -0.2) is 20.3 Å². The number of methoxy groups -OCH3 is 1. The molecule has 1 N–H and O–H groups in total. The lowest BCUT2D eigenvalue weighted by Crippen LogP contribution is -2.16. The summed E-state index contributed by atoms with van der Waals surface area (Å²) < 4.78 is 11.0. The fraction of sp³-hybridized carbons (Fsp3) is 0.333. The molecule has 0 radical (unpaired) electrons. The molecule has 0 fully saturated rings. The summed E-state index contributed by atoms with van der Waals surface area (Å²) in [4.78, 5) is 0. The van der Waals surface area contributed by atoms with Crippen LogP contribution in [0.5, 0.6) is 5.75 Å². The van der Waals surface area contributed by atoms with Crippen molar-refractivity contribution >= 4 is 24.0 Å². The standard InChI is InChI=1S/C18H22ClNO2.ClH/c1-21-11-5-10-20-13-16-12-17(19)8-9-18(16)22-14-15-6-3-2-4-7-15;/h2-4,6-9,12,20H,5,10-11,13-14H2,1H3;1H. The van der Waals surface area contributed by atoms with Crippen LogP contribution in [0.2, 0.25) is 5.02 Å². The van der Waals surface area contributed by atoms with Gasteiger partial charge >= 0.3 is 0 Å². The van der Waals surface area contributed by atoms with Gasteiger partial charge in [-0.2, -0.15) is 0 Å². The lowest BCUT2D eigenvalue weighted by atomic mass is 10.2. The van der Waals surface area contributed by atoms with Crippen molar-refractivity contribution in [2.75, 3.05) is 20.3 Å². The van der Waals surface area contributed by atoms with Crippen molar-refractivity contribution in [2.24, 2.45) is 0 Å². The SMILES string of the molecule is COCCCNCc1cc(Cl)ccc1OCc1ccccc1.Cl. The summed E-state index contributed by atoms with van der Waals surface area (Å²) in [5.74, 6) is 0.868. The van der Waals surface area contributed by atoms with E-state index in [0.29, 0.717) is 6.61 Å². The van der Waals surface area contributed by atoms with Gasteiger partial charge in [-0.1, -0.05) is 41.9 Å². The summed E-state index contributed by atoms with van der Waals surface area (Å²) in [5, 5.41) is 4.11. The number of halogens is 2. The van der Waals surface area contributed by atoms with Crippen LogP contribution in [-0.2, 0) is 17.9 Å². The van der Waals surface area contributed by atoms with Crippen molar-refractivity contribution in [1.82, 2.24) is 5.32 Å². The maximum atomic E-state index is 6.09. The van der Waals surface area contributed by atoms with Crippen LogP contribution in [0.1, 0.15) is 17.5 Å². The van der Waals surface area contributed by atoms with E-state index in [0.717, 1.165) is 48.0 Å². The molecule has 0 aliphatic rings. The molecule has 0 heterocycles. The van der Waals surface area contributed by atoms with Crippen LogP contribution in [0.15, 0.2) is 48.5 Å². The van der Waals surface area contributed by atoms with E-state index in [1.165, 1.54) is 0 Å². The van der Waals surface area contributed by atoms with E-state index in [1.54, 1.807) is 7.11 Å². The average Bonchev–Trinajstić information content (AvgIpc) is 2.55. The Hall–Kier alpha value is -1.26. The van der Waals surface area contributed by atoms with Gasteiger partial charge in [0.2, 0.25) is 0 Å². The molecule has 2 aromatic rings. The zero-order chi connectivity index (χ0) is 15.6. The summed E-state index contributed by atoms with van der Waals surface area (Å²) in [7, 11) is 1.71. The van der Waals surface area contributed by atoms with Crippen molar-refractivity contribution in [2.45, 2.75) is 19.6 Å². The second-order valence-corrected chi connectivity index (χ2v) is 5.49. The highest BCUT2D eigenvalue weighted by molar-refractivity contribution is 6.30. The van der Waals surface area contributed by atoms with E-state index in [-0.39, 0.29) is 12.4 Å². The Morgan fingerprint density at radius 1 is 1.09 bits per heavy atom. The van der Waals surface area contributed by atoms with E-state index in [1.807, 2.05) is 36.4 Å². The van der Waals surface area contributed by atoms with Crippen LogP contribution < -0.4 is 10.1 Å². The molecule has 0 unspecified atom stereocenters. The van der Waals surface area contributed by atoms with Gasteiger partial charge in [-0.25, -0.2) is 0 Å². The largest absolute Gasteiger partial charge is 0.489 e. The Morgan fingerprint density at radius 2 is 1.87 bits per heavy atom. The third-order valence-corrected chi connectivity index (χ3v) is 3.51. The molecular formula is C18H23Cl2NO2. The lowest BCUT2D eigenvalue weighted by molar-refractivity contribution is 0.194. The number of ether oxygens (including phenoxy) is 2. The molecular weight excluding hydrogens is 333 g/mol. The number of hydrogen-bond acceptors (Lipinski definition) is 3. The van der Waals surface area contributed by atoms with Gasteiger partial charge in [0, 0.05) is 30.8 Å². The van der Waals surface area contributed by atoms with Crippen molar-refractivity contribution in [1.29, 1.82) is 0 Å². The van der Waals surface area contributed by atoms with Crippen LogP contribution >= 0.6 is 24.0 Å². The molecule has 2 aromatic carbocycles. The monoisotopic (exact) mass is 355 g/mol. The maximum Gasteiger partial charge on any atom is 0.124 e. The van der Waals surface area contributed by atoms with Gasteiger partial charge in [0.25, 0.3) is 0 Å². The van der Waals surface area contributed by atoms with E-state index >= 15 is 0 Å². The number of benzene rings is 2. The van der Waals surface area contributed by atoms with Crippen LogP contribution in [0.4, 0.5) is 0 Å². The van der Waals surface area contributed by atoms with E-state index in [2.05, 4.69) is 17.4 Å². The second kappa shape index (κ2) is 11.3. The van der Waals surface area contributed by atoms with Gasteiger partial charge in [-0.05, 0) is 36.7 Å². The van der Waals surface area contributed by atoms with Crippen molar-refractivity contribution < 1.29 is 9.47 Å². The summed E-state index contributed by atoms with van der Waals surface area (Å²) in [6, 6.07) is 15.9. The highest BCUT2D eigenvalue weighted by atomic mass is 35.5. The van der Waals surface area contributed by atoms with Crippen molar-refractivity contribution in [3.8, 4) is 5.75 Å². The van der Waals surface area contributed by atoms with Crippen molar-refractivity contribution in [3.63, 3.8) is 0 Å². The van der Waals surface area contributed by atoms with Gasteiger partial charge in [0.15, 0.2) is 0 Å². The first kappa shape index (κ1) is 19.8. The fourth-order valence-corrected chi connectivity index (χ4v) is 2.32. The molecule has 0 aliphatic carbocycles. The topological polar surface area (TPSA) is 30.5 Å². The Morgan fingerprint density at radius 3 is 2.61 bits per heavy atom. The highest BCUT2D eigenvalue weighted by Crippen LogP contribution is 2.23. The molecule has 3 nitrogen and oxygen atoms in total. The predicted molar refractivity (Wildman–Crippen MR) is 97.7 cm³/mol. The maximum absolute atomic E-state index is 6.09. The highest BCUT2D eigenvalue weighted by Gasteiger charge is 2.05. The third kappa shape index (κ3) is 7.23. The minimum atomic E-state index is 0. The Bertz CT molecular complexity index is 564. The first-order chi connectivity index (χ1) is 10.8. The van der Waals surface area contributed by atoms with Gasteiger partial charge in [-0.15, -0.1) is 12.4 Å². The molecule has 0 aliphatic heterocycles. The molecule has 0 saturated heterocycles. The first-order valence-electron chi connectivity index (χ1n) is 7.44. The Balaban J connectivity index is 0.00000264. The number of rotatable bonds is 9. The molecule has 126 valence electrons. The smallest absolute Gasteiger partial charge is 0.124 e. The van der Waals surface area contributed by atoms with Crippen LogP contribution in [0.25, 0.3) is 0 Å². The summed E-state index contributed by atoms with van der Waals surface area (Å²) in [6.07, 6.45) is 0.983. The van der Waals surface area contributed by atoms with Gasteiger partial charge in [0.1, 0.15) is 12.4 Å². The minimum Gasteiger partial charge on any atom is -0.489 e. The molecule has 2 rings (SSSR count). The first-order valence-corrected chi connectivity index (χ1v) is 7.82. The summed E-state index contributed by atoms with van der Waals surface area (Å²) in [5.41, 5.74) is 2.22.